The Bertz CT molecular complexity index is 717. The van der Waals surface area contributed by atoms with E-state index in [4.69, 9.17) is 4.74 Å². The summed E-state index contributed by atoms with van der Waals surface area (Å²) in [6.45, 7) is 2.04. The fourth-order valence-electron chi connectivity index (χ4n) is 4.14. The van der Waals surface area contributed by atoms with Crippen molar-refractivity contribution in [2.24, 2.45) is 17.8 Å². The highest BCUT2D eigenvalue weighted by Gasteiger charge is 2.43. The van der Waals surface area contributed by atoms with E-state index in [1.807, 2.05) is 0 Å². The minimum atomic E-state index is -3.59. The van der Waals surface area contributed by atoms with Crippen LogP contribution in [0.4, 0.5) is 5.69 Å². The maximum absolute atomic E-state index is 12.4. The first-order valence-electron chi connectivity index (χ1n) is 8.81. The summed E-state index contributed by atoms with van der Waals surface area (Å²) in [7, 11) is -2.07. The average molecular weight is 366 g/mol. The van der Waals surface area contributed by atoms with Crippen LogP contribution in [-0.4, -0.2) is 34.1 Å². The quantitative estimate of drug-likeness (QED) is 0.776. The Balaban J connectivity index is 1.61. The van der Waals surface area contributed by atoms with E-state index in [-0.39, 0.29) is 22.8 Å². The van der Waals surface area contributed by atoms with Crippen molar-refractivity contribution < 1.29 is 17.9 Å². The molecule has 138 valence electrons. The van der Waals surface area contributed by atoms with Gasteiger partial charge in [0, 0.05) is 24.8 Å². The summed E-state index contributed by atoms with van der Waals surface area (Å²) in [5.74, 6) is 1.41. The van der Waals surface area contributed by atoms with Gasteiger partial charge in [0.1, 0.15) is 0 Å². The molecule has 1 amide bonds. The lowest BCUT2D eigenvalue weighted by molar-refractivity contribution is -0.121. The molecule has 0 heterocycles. The van der Waals surface area contributed by atoms with Crippen LogP contribution >= 0.6 is 0 Å². The lowest BCUT2D eigenvalue weighted by atomic mass is 9.88. The van der Waals surface area contributed by atoms with Gasteiger partial charge in [-0.05, 0) is 62.3 Å². The lowest BCUT2D eigenvalue weighted by Crippen LogP contribution is -2.35. The first-order valence-corrected chi connectivity index (χ1v) is 10.3. The minimum absolute atomic E-state index is 0.0645. The van der Waals surface area contributed by atoms with Gasteiger partial charge in [-0.25, -0.2) is 13.1 Å². The standard InChI is InChI=1S/C18H26N2O4S/c1-12(11-24-2)20-25(22,23)16-7-5-15(6-8-16)19-18(21)17-10-13-3-4-14(17)9-13/h5-8,12-14,17,20H,3-4,9-11H2,1-2H3,(H,19,21). The number of hydrogen-bond acceptors (Lipinski definition) is 4. The van der Waals surface area contributed by atoms with E-state index in [0.717, 1.165) is 12.8 Å². The molecule has 7 heteroatoms. The number of nitrogens with one attached hydrogen (secondary N) is 2. The lowest BCUT2D eigenvalue weighted by Gasteiger charge is -2.20. The summed E-state index contributed by atoms with van der Waals surface area (Å²) in [5.41, 5.74) is 0.636. The molecule has 0 saturated heterocycles. The molecule has 0 aromatic heterocycles. The summed E-state index contributed by atoms with van der Waals surface area (Å²) in [6, 6.07) is 5.99. The molecule has 2 N–H and O–H groups in total. The smallest absolute Gasteiger partial charge is 0.240 e. The highest BCUT2D eigenvalue weighted by atomic mass is 32.2. The minimum Gasteiger partial charge on any atom is -0.383 e. The van der Waals surface area contributed by atoms with Crippen LogP contribution in [0.1, 0.15) is 32.6 Å². The number of methoxy groups -OCH3 is 1. The van der Waals surface area contributed by atoms with Gasteiger partial charge in [-0.2, -0.15) is 0 Å². The number of sulfonamides is 1. The fraction of sp³-hybridized carbons (Fsp3) is 0.611. The number of benzene rings is 1. The van der Waals surface area contributed by atoms with E-state index in [0.29, 0.717) is 24.1 Å². The van der Waals surface area contributed by atoms with E-state index in [2.05, 4.69) is 10.0 Å². The van der Waals surface area contributed by atoms with Crippen molar-refractivity contribution in [2.45, 2.75) is 43.5 Å². The van der Waals surface area contributed by atoms with Gasteiger partial charge >= 0.3 is 0 Å². The summed E-state index contributed by atoms with van der Waals surface area (Å²) >= 11 is 0. The van der Waals surface area contributed by atoms with Crippen molar-refractivity contribution in [1.29, 1.82) is 0 Å². The number of carbonyl (C=O) groups is 1. The molecule has 0 aliphatic heterocycles. The van der Waals surface area contributed by atoms with Gasteiger partial charge in [0.2, 0.25) is 15.9 Å². The summed E-state index contributed by atoms with van der Waals surface area (Å²) < 4.78 is 32.1. The topological polar surface area (TPSA) is 84.5 Å². The third-order valence-electron chi connectivity index (χ3n) is 5.28. The molecule has 2 aliphatic carbocycles. The molecule has 6 nitrogen and oxygen atoms in total. The van der Waals surface area contributed by atoms with Crippen LogP contribution in [0.3, 0.4) is 0 Å². The van der Waals surface area contributed by atoms with Crippen molar-refractivity contribution >= 4 is 21.6 Å². The SMILES string of the molecule is COCC(C)NS(=O)(=O)c1ccc(NC(=O)C2CC3CCC2C3)cc1. The molecule has 2 saturated carbocycles. The second kappa shape index (κ2) is 7.43. The van der Waals surface area contributed by atoms with Crippen molar-refractivity contribution in [3.05, 3.63) is 24.3 Å². The highest BCUT2D eigenvalue weighted by Crippen LogP contribution is 2.48. The van der Waals surface area contributed by atoms with E-state index in [1.54, 1.807) is 19.1 Å². The predicted octanol–water partition coefficient (Wildman–Crippen LogP) is 2.37. The number of hydrogen-bond donors (Lipinski definition) is 2. The van der Waals surface area contributed by atoms with Crippen molar-refractivity contribution in [3.63, 3.8) is 0 Å². The Morgan fingerprint density at radius 2 is 1.96 bits per heavy atom. The highest BCUT2D eigenvalue weighted by molar-refractivity contribution is 7.89. The zero-order chi connectivity index (χ0) is 18.0. The van der Waals surface area contributed by atoms with Crippen molar-refractivity contribution in [2.75, 3.05) is 19.0 Å². The number of fused-ring (bicyclic) bond motifs is 2. The van der Waals surface area contributed by atoms with Gasteiger partial charge in [0.15, 0.2) is 0 Å². The first kappa shape index (κ1) is 18.4. The van der Waals surface area contributed by atoms with E-state index in [1.165, 1.54) is 32.1 Å². The maximum Gasteiger partial charge on any atom is 0.240 e. The van der Waals surface area contributed by atoms with Crippen LogP contribution in [0.2, 0.25) is 0 Å². The zero-order valence-electron chi connectivity index (χ0n) is 14.7. The molecule has 2 aliphatic rings. The second-order valence-corrected chi connectivity index (χ2v) is 8.99. The molecule has 0 spiro atoms. The Hall–Kier alpha value is -1.44. The molecule has 4 atom stereocenters. The third kappa shape index (κ3) is 4.22. The second-order valence-electron chi connectivity index (χ2n) is 7.27. The molecule has 4 unspecified atom stereocenters. The number of amides is 1. The summed E-state index contributed by atoms with van der Waals surface area (Å²) in [5, 5.41) is 2.93. The van der Waals surface area contributed by atoms with Crippen LogP contribution in [0.25, 0.3) is 0 Å². The number of anilines is 1. The normalized spacial score (nSPS) is 26.6. The third-order valence-corrected chi connectivity index (χ3v) is 6.89. The van der Waals surface area contributed by atoms with Crippen LogP contribution in [0.15, 0.2) is 29.2 Å². The van der Waals surface area contributed by atoms with E-state index in [9.17, 15) is 13.2 Å². The number of carbonyl (C=O) groups excluding carboxylic acids is 1. The van der Waals surface area contributed by atoms with E-state index < -0.39 is 10.0 Å². The molecule has 2 fully saturated rings. The molecule has 3 rings (SSSR count). The largest absolute Gasteiger partial charge is 0.383 e. The zero-order valence-corrected chi connectivity index (χ0v) is 15.5. The molecule has 25 heavy (non-hydrogen) atoms. The van der Waals surface area contributed by atoms with Crippen LogP contribution < -0.4 is 10.0 Å². The fourth-order valence-corrected chi connectivity index (χ4v) is 5.36. The van der Waals surface area contributed by atoms with Crippen molar-refractivity contribution in [1.82, 2.24) is 4.72 Å². The van der Waals surface area contributed by atoms with Gasteiger partial charge in [-0.3, -0.25) is 4.79 Å². The molecule has 2 bridgehead atoms. The monoisotopic (exact) mass is 366 g/mol. The van der Waals surface area contributed by atoms with Gasteiger partial charge in [-0.1, -0.05) is 6.42 Å². The number of ether oxygens (including phenoxy) is 1. The van der Waals surface area contributed by atoms with Gasteiger partial charge < -0.3 is 10.1 Å². The Labute approximate surface area is 149 Å². The van der Waals surface area contributed by atoms with Gasteiger partial charge in [0.05, 0.1) is 11.5 Å². The first-order chi connectivity index (χ1) is 11.9. The predicted molar refractivity (Wildman–Crippen MR) is 95.7 cm³/mol. The number of rotatable bonds is 7. The van der Waals surface area contributed by atoms with Crippen LogP contribution in [0.5, 0.6) is 0 Å². The Morgan fingerprint density at radius 3 is 2.52 bits per heavy atom. The Morgan fingerprint density at radius 1 is 1.24 bits per heavy atom. The Kier molecular flexibility index (Phi) is 5.46. The average Bonchev–Trinajstić information content (AvgIpc) is 3.18. The van der Waals surface area contributed by atoms with E-state index >= 15 is 0 Å². The molecular formula is C18H26N2O4S. The molecular weight excluding hydrogens is 340 g/mol. The van der Waals surface area contributed by atoms with Crippen molar-refractivity contribution in [3.8, 4) is 0 Å². The molecule has 1 aromatic carbocycles. The maximum atomic E-state index is 12.4. The van der Waals surface area contributed by atoms with Gasteiger partial charge in [-0.15, -0.1) is 0 Å². The summed E-state index contributed by atoms with van der Waals surface area (Å²) in [4.78, 5) is 12.6. The van der Waals surface area contributed by atoms with Crippen LogP contribution in [-0.2, 0) is 19.6 Å². The van der Waals surface area contributed by atoms with Crippen LogP contribution in [0, 0.1) is 17.8 Å². The summed E-state index contributed by atoms with van der Waals surface area (Å²) in [6.07, 6.45) is 4.59. The molecule has 0 radical (unpaired) electrons. The van der Waals surface area contributed by atoms with Gasteiger partial charge in [0.25, 0.3) is 0 Å². The molecule has 1 aromatic rings.